The summed E-state index contributed by atoms with van der Waals surface area (Å²) < 4.78 is 18.6. The van der Waals surface area contributed by atoms with E-state index in [0.29, 0.717) is 0 Å². The molecule has 1 aromatic heterocycles. The van der Waals surface area contributed by atoms with Crippen LogP contribution >= 0.6 is 11.8 Å². The summed E-state index contributed by atoms with van der Waals surface area (Å²) in [6.45, 7) is 0. The first-order chi connectivity index (χ1) is 10.7. The Morgan fingerprint density at radius 3 is 2.77 bits per heavy atom. The number of hydrogen-bond acceptors (Lipinski definition) is 4. The Labute approximate surface area is 131 Å². The normalized spacial score (nSPS) is 10.6. The predicted octanol–water partition coefficient (Wildman–Crippen LogP) is 4.32. The van der Waals surface area contributed by atoms with Crippen LogP contribution in [0.15, 0.2) is 59.6 Å². The number of halogens is 1. The standard InChI is InChI=1S/C17H12FNO2S/c1-21-14-8-7-12(10-13(14)18)17(20)22-15-6-2-4-11-5-3-9-19-16(11)15/h2-10H,1H3. The highest BCUT2D eigenvalue weighted by Crippen LogP contribution is 2.30. The Morgan fingerprint density at radius 1 is 1.18 bits per heavy atom. The molecule has 0 aliphatic carbocycles. The number of rotatable bonds is 3. The first-order valence-electron chi connectivity index (χ1n) is 6.58. The second-order valence-corrected chi connectivity index (χ2v) is 5.58. The maximum atomic E-state index is 13.7. The molecule has 0 amide bonds. The van der Waals surface area contributed by atoms with Crippen molar-refractivity contribution >= 4 is 27.8 Å². The second-order valence-electron chi connectivity index (χ2n) is 4.57. The molecule has 0 spiro atoms. The molecule has 0 atom stereocenters. The molecule has 1 heterocycles. The van der Waals surface area contributed by atoms with Gasteiger partial charge in [0, 0.05) is 22.0 Å². The zero-order valence-corrected chi connectivity index (χ0v) is 12.6. The number of carbonyl (C=O) groups is 1. The van der Waals surface area contributed by atoms with Crippen molar-refractivity contribution < 1.29 is 13.9 Å². The summed E-state index contributed by atoms with van der Waals surface area (Å²) in [6.07, 6.45) is 1.68. The minimum Gasteiger partial charge on any atom is -0.494 e. The molecular weight excluding hydrogens is 301 g/mol. The van der Waals surface area contributed by atoms with Crippen LogP contribution in [-0.4, -0.2) is 17.2 Å². The van der Waals surface area contributed by atoms with Crippen molar-refractivity contribution in [2.45, 2.75) is 4.90 Å². The molecule has 3 aromatic rings. The highest BCUT2D eigenvalue weighted by Gasteiger charge is 2.13. The van der Waals surface area contributed by atoms with Gasteiger partial charge in [-0.15, -0.1) is 0 Å². The lowest BCUT2D eigenvalue weighted by molar-refractivity contribution is 0.108. The van der Waals surface area contributed by atoms with E-state index in [2.05, 4.69) is 4.98 Å². The van der Waals surface area contributed by atoms with Crippen LogP contribution in [0.4, 0.5) is 4.39 Å². The number of benzene rings is 2. The van der Waals surface area contributed by atoms with E-state index in [9.17, 15) is 9.18 Å². The topological polar surface area (TPSA) is 39.2 Å². The molecule has 0 fully saturated rings. The number of ether oxygens (including phenoxy) is 1. The molecule has 5 heteroatoms. The van der Waals surface area contributed by atoms with Gasteiger partial charge >= 0.3 is 0 Å². The van der Waals surface area contributed by atoms with Crippen molar-refractivity contribution in [3.8, 4) is 5.75 Å². The zero-order chi connectivity index (χ0) is 15.5. The molecule has 0 bridgehead atoms. The number of aromatic nitrogens is 1. The fourth-order valence-electron chi connectivity index (χ4n) is 2.11. The molecule has 3 rings (SSSR count). The smallest absolute Gasteiger partial charge is 0.224 e. The molecule has 0 saturated heterocycles. The van der Waals surface area contributed by atoms with Gasteiger partial charge in [0.05, 0.1) is 12.6 Å². The van der Waals surface area contributed by atoms with Gasteiger partial charge < -0.3 is 4.74 Å². The summed E-state index contributed by atoms with van der Waals surface area (Å²) in [5, 5.41) is 0.723. The third kappa shape index (κ3) is 2.80. The van der Waals surface area contributed by atoms with Gasteiger partial charge in [0.25, 0.3) is 0 Å². The lowest BCUT2D eigenvalue weighted by Crippen LogP contribution is -1.97. The fraction of sp³-hybridized carbons (Fsp3) is 0.0588. The van der Waals surface area contributed by atoms with Crippen LogP contribution < -0.4 is 4.74 Å². The van der Waals surface area contributed by atoms with Gasteiger partial charge in [-0.1, -0.05) is 18.2 Å². The van der Waals surface area contributed by atoms with Crippen molar-refractivity contribution in [3.63, 3.8) is 0 Å². The summed E-state index contributed by atoms with van der Waals surface area (Å²) in [5.74, 6) is -0.432. The van der Waals surface area contributed by atoms with Crippen molar-refractivity contribution in [1.29, 1.82) is 0 Å². The van der Waals surface area contributed by atoms with Gasteiger partial charge in [0.15, 0.2) is 11.6 Å². The summed E-state index contributed by atoms with van der Waals surface area (Å²) >= 11 is 1.04. The number of thioether (sulfide) groups is 1. The van der Waals surface area contributed by atoms with Crippen LogP contribution in [0.5, 0.6) is 5.75 Å². The van der Waals surface area contributed by atoms with Gasteiger partial charge in [-0.05, 0) is 42.1 Å². The van der Waals surface area contributed by atoms with E-state index in [4.69, 9.17) is 4.74 Å². The molecule has 2 aromatic carbocycles. The molecule has 22 heavy (non-hydrogen) atoms. The number of hydrogen-bond donors (Lipinski definition) is 0. The zero-order valence-electron chi connectivity index (χ0n) is 11.7. The van der Waals surface area contributed by atoms with Crippen molar-refractivity contribution in [2.75, 3.05) is 7.11 Å². The third-order valence-electron chi connectivity index (χ3n) is 3.19. The van der Waals surface area contributed by atoms with Crippen LogP contribution in [0.25, 0.3) is 10.9 Å². The largest absolute Gasteiger partial charge is 0.494 e. The SMILES string of the molecule is COc1ccc(C(=O)Sc2cccc3cccnc23)cc1F. The highest BCUT2D eigenvalue weighted by molar-refractivity contribution is 8.14. The Hall–Kier alpha value is -2.40. The lowest BCUT2D eigenvalue weighted by atomic mass is 10.2. The van der Waals surface area contributed by atoms with E-state index < -0.39 is 5.82 Å². The van der Waals surface area contributed by atoms with E-state index in [1.54, 1.807) is 12.3 Å². The predicted molar refractivity (Wildman–Crippen MR) is 84.9 cm³/mol. The maximum Gasteiger partial charge on any atom is 0.224 e. The molecule has 110 valence electrons. The summed E-state index contributed by atoms with van der Waals surface area (Å²) in [6, 6.07) is 13.6. The molecule has 0 radical (unpaired) electrons. The lowest BCUT2D eigenvalue weighted by Gasteiger charge is -2.06. The van der Waals surface area contributed by atoms with Crippen molar-refractivity contribution in [1.82, 2.24) is 4.98 Å². The van der Waals surface area contributed by atoms with E-state index in [0.717, 1.165) is 27.6 Å². The number of methoxy groups -OCH3 is 1. The van der Waals surface area contributed by atoms with Crippen LogP contribution in [0.1, 0.15) is 10.4 Å². The molecule has 0 N–H and O–H groups in total. The Kier molecular flexibility index (Phi) is 4.06. The number of para-hydroxylation sites is 1. The number of pyridine rings is 1. The van der Waals surface area contributed by atoms with E-state index in [-0.39, 0.29) is 16.4 Å². The summed E-state index contributed by atoms with van der Waals surface area (Å²) in [4.78, 5) is 17.4. The average molecular weight is 313 g/mol. The summed E-state index contributed by atoms with van der Waals surface area (Å²) in [5.41, 5.74) is 1.05. The van der Waals surface area contributed by atoms with E-state index in [1.165, 1.54) is 19.2 Å². The molecular formula is C17H12FNO2S. The fourth-order valence-corrected chi connectivity index (χ4v) is 2.97. The number of carbonyl (C=O) groups excluding carboxylic acids is 1. The van der Waals surface area contributed by atoms with E-state index >= 15 is 0 Å². The molecule has 0 unspecified atom stereocenters. The number of nitrogens with zero attached hydrogens (tertiary/aromatic N) is 1. The van der Waals surface area contributed by atoms with Crippen LogP contribution in [0, 0.1) is 5.82 Å². The van der Waals surface area contributed by atoms with Gasteiger partial charge in [-0.3, -0.25) is 9.78 Å². The first-order valence-corrected chi connectivity index (χ1v) is 7.40. The minimum absolute atomic E-state index is 0.119. The molecule has 0 saturated carbocycles. The van der Waals surface area contributed by atoms with Gasteiger partial charge in [0.1, 0.15) is 0 Å². The van der Waals surface area contributed by atoms with Crippen molar-refractivity contribution in [3.05, 3.63) is 66.1 Å². The highest BCUT2D eigenvalue weighted by atomic mass is 32.2. The second kappa shape index (κ2) is 6.15. The van der Waals surface area contributed by atoms with Gasteiger partial charge in [0.2, 0.25) is 5.12 Å². The minimum atomic E-state index is -0.551. The maximum absolute atomic E-state index is 13.7. The summed E-state index contributed by atoms with van der Waals surface area (Å²) in [7, 11) is 1.39. The van der Waals surface area contributed by atoms with Gasteiger partial charge in [-0.25, -0.2) is 4.39 Å². The van der Waals surface area contributed by atoms with Crippen LogP contribution in [0.2, 0.25) is 0 Å². The monoisotopic (exact) mass is 313 g/mol. The average Bonchev–Trinajstić information content (AvgIpc) is 2.55. The first kappa shape index (κ1) is 14.5. The molecule has 0 aliphatic rings. The Bertz CT molecular complexity index is 846. The van der Waals surface area contributed by atoms with E-state index in [1.807, 2.05) is 30.3 Å². The van der Waals surface area contributed by atoms with Crippen LogP contribution in [-0.2, 0) is 0 Å². The Balaban J connectivity index is 1.92. The number of fused-ring (bicyclic) bond motifs is 1. The molecule has 0 aliphatic heterocycles. The molecule has 3 nitrogen and oxygen atoms in total. The Morgan fingerprint density at radius 2 is 2.00 bits per heavy atom. The van der Waals surface area contributed by atoms with Crippen LogP contribution in [0.3, 0.4) is 0 Å². The van der Waals surface area contributed by atoms with Crippen molar-refractivity contribution in [2.24, 2.45) is 0 Å². The van der Waals surface area contributed by atoms with Gasteiger partial charge in [-0.2, -0.15) is 0 Å². The third-order valence-corrected chi connectivity index (χ3v) is 4.16. The quantitative estimate of drug-likeness (QED) is 0.675.